The van der Waals surface area contributed by atoms with Crippen molar-refractivity contribution in [3.63, 3.8) is 0 Å². The normalized spacial score (nSPS) is 48.0. The van der Waals surface area contributed by atoms with Gasteiger partial charge in [0.05, 0.1) is 11.5 Å². The van der Waals surface area contributed by atoms with Crippen molar-refractivity contribution in [1.29, 1.82) is 0 Å². The second-order valence-corrected chi connectivity index (χ2v) is 8.75. The first-order valence-corrected chi connectivity index (χ1v) is 8.78. The van der Waals surface area contributed by atoms with Crippen LogP contribution in [0.25, 0.3) is 0 Å². The Morgan fingerprint density at radius 2 is 1.91 bits per heavy atom. The van der Waals surface area contributed by atoms with Crippen LogP contribution >= 0.6 is 0 Å². The molecule has 2 nitrogen and oxygen atoms in total. The van der Waals surface area contributed by atoms with Gasteiger partial charge in [-0.1, -0.05) is 51.5 Å². The van der Waals surface area contributed by atoms with Gasteiger partial charge in [-0.15, -0.1) is 0 Å². The van der Waals surface area contributed by atoms with Crippen molar-refractivity contribution >= 4 is 5.78 Å². The number of hydrogen-bond acceptors (Lipinski definition) is 2. The largest absolute Gasteiger partial charge is 0.389 e. The van der Waals surface area contributed by atoms with Crippen LogP contribution in [-0.4, -0.2) is 16.5 Å². The molecule has 0 radical (unpaired) electrons. The summed E-state index contributed by atoms with van der Waals surface area (Å²) in [4.78, 5) is 13.3. The van der Waals surface area contributed by atoms with E-state index in [0.717, 1.165) is 25.7 Å². The summed E-state index contributed by atoms with van der Waals surface area (Å²) in [5.41, 5.74) is 0.140. The topological polar surface area (TPSA) is 37.3 Å². The number of rotatable bonds is 1. The second-order valence-electron chi connectivity index (χ2n) is 8.75. The van der Waals surface area contributed by atoms with Gasteiger partial charge in [0.1, 0.15) is 5.78 Å². The second kappa shape index (κ2) is 4.80. The molecular formula is C20H30O2. The molecule has 0 aromatic rings. The summed E-state index contributed by atoms with van der Waals surface area (Å²) in [6.45, 7) is 10.7. The molecule has 0 heterocycles. The van der Waals surface area contributed by atoms with E-state index in [-0.39, 0.29) is 23.2 Å². The maximum absolute atomic E-state index is 13.3. The van der Waals surface area contributed by atoms with Gasteiger partial charge < -0.3 is 5.11 Å². The van der Waals surface area contributed by atoms with Gasteiger partial charge >= 0.3 is 0 Å². The standard InChI is InChI=1S/C20H30O2/c1-13(2)20(22)11-10-19(5)16(20)7-9-18(4)8-6-15(17(19)21)14(3)12-18/h6,8,12-13,15-16,22H,7,9-11H2,1-5H3/t15-,16-,18-,19+,20-/m1/s1. The lowest BCUT2D eigenvalue weighted by atomic mass is 9.65. The lowest BCUT2D eigenvalue weighted by Gasteiger charge is -2.41. The molecule has 122 valence electrons. The number of aliphatic hydroxyl groups is 1. The number of ketones is 1. The predicted octanol–water partition coefficient (Wildman–Crippen LogP) is 4.29. The lowest BCUT2D eigenvalue weighted by Crippen LogP contribution is -2.47. The number of fused-ring (bicyclic) bond motifs is 1. The number of hydrogen-bond donors (Lipinski definition) is 1. The first kappa shape index (κ1) is 16.0. The van der Waals surface area contributed by atoms with E-state index in [4.69, 9.17) is 0 Å². The Kier molecular flexibility index (Phi) is 3.49. The Morgan fingerprint density at radius 1 is 1.23 bits per heavy atom. The molecule has 22 heavy (non-hydrogen) atoms. The monoisotopic (exact) mass is 302 g/mol. The highest BCUT2D eigenvalue weighted by molar-refractivity contribution is 5.91. The molecule has 1 N–H and O–H groups in total. The molecule has 0 spiro atoms. The van der Waals surface area contributed by atoms with Crippen LogP contribution in [0.3, 0.4) is 0 Å². The van der Waals surface area contributed by atoms with E-state index in [2.05, 4.69) is 52.8 Å². The third kappa shape index (κ3) is 2.06. The molecule has 0 saturated heterocycles. The van der Waals surface area contributed by atoms with Gasteiger partial charge in [0.15, 0.2) is 0 Å². The van der Waals surface area contributed by atoms with E-state index in [1.807, 2.05) is 0 Å². The number of allylic oxidation sites excluding steroid dienone is 4. The van der Waals surface area contributed by atoms with Crippen molar-refractivity contribution in [3.05, 3.63) is 23.8 Å². The molecule has 0 unspecified atom stereocenters. The lowest BCUT2D eigenvalue weighted by molar-refractivity contribution is -0.137. The van der Waals surface area contributed by atoms with Crippen LogP contribution in [0.2, 0.25) is 0 Å². The van der Waals surface area contributed by atoms with Crippen molar-refractivity contribution < 1.29 is 9.90 Å². The Hall–Kier alpha value is -0.890. The fourth-order valence-corrected chi connectivity index (χ4v) is 5.30. The molecule has 4 rings (SSSR count). The third-order valence-electron chi connectivity index (χ3n) is 6.95. The van der Waals surface area contributed by atoms with Gasteiger partial charge in [-0.2, -0.15) is 0 Å². The molecule has 0 amide bonds. The zero-order valence-electron chi connectivity index (χ0n) is 14.6. The minimum Gasteiger partial charge on any atom is -0.389 e. The number of carbonyl (C=O) groups excluding carboxylic acids is 1. The summed E-state index contributed by atoms with van der Waals surface area (Å²) in [5.74, 6) is 0.505. The average Bonchev–Trinajstić information content (AvgIpc) is 2.72. The summed E-state index contributed by atoms with van der Waals surface area (Å²) in [5, 5.41) is 11.3. The van der Waals surface area contributed by atoms with Crippen LogP contribution in [0.15, 0.2) is 23.8 Å². The molecule has 1 fully saturated rings. The highest BCUT2D eigenvalue weighted by atomic mass is 16.3. The number of carbonyl (C=O) groups is 1. The van der Waals surface area contributed by atoms with E-state index in [1.165, 1.54) is 5.57 Å². The van der Waals surface area contributed by atoms with Crippen LogP contribution in [0.5, 0.6) is 0 Å². The van der Waals surface area contributed by atoms with E-state index in [0.29, 0.717) is 5.78 Å². The van der Waals surface area contributed by atoms with E-state index < -0.39 is 11.0 Å². The Bertz CT molecular complexity index is 558. The van der Waals surface area contributed by atoms with Crippen LogP contribution in [-0.2, 0) is 4.79 Å². The minimum atomic E-state index is -0.696. The Labute approximate surface area is 134 Å². The molecule has 0 aromatic heterocycles. The zero-order chi connectivity index (χ0) is 16.3. The third-order valence-corrected chi connectivity index (χ3v) is 6.95. The predicted molar refractivity (Wildman–Crippen MR) is 89.4 cm³/mol. The van der Waals surface area contributed by atoms with E-state index >= 15 is 0 Å². The highest BCUT2D eigenvalue weighted by Crippen LogP contribution is 2.58. The first-order valence-electron chi connectivity index (χ1n) is 8.78. The molecule has 2 heteroatoms. The molecule has 4 aliphatic carbocycles. The maximum atomic E-state index is 13.3. The zero-order valence-corrected chi connectivity index (χ0v) is 14.6. The molecule has 1 saturated carbocycles. The fraction of sp³-hybridized carbons (Fsp3) is 0.750. The van der Waals surface area contributed by atoms with Crippen molar-refractivity contribution in [2.75, 3.05) is 0 Å². The average molecular weight is 302 g/mol. The smallest absolute Gasteiger partial charge is 0.149 e. The quantitative estimate of drug-likeness (QED) is 0.734. The maximum Gasteiger partial charge on any atom is 0.149 e. The molecular weight excluding hydrogens is 272 g/mol. The van der Waals surface area contributed by atoms with E-state index in [1.54, 1.807) is 0 Å². The summed E-state index contributed by atoms with van der Waals surface area (Å²) in [7, 11) is 0. The van der Waals surface area contributed by atoms with Gasteiger partial charge in [0.25, 0.3) is 0 Å². The van der Waals surface area contributed by atoms with E-state index in [9.17, 15) is 9.90 Å². The van der Waals surface area contributed by atoms with Crippen LogP contribution < -0.4 is 0 Å². The van der Waals surface area contributed by atoms with Gasteiger partial charge in [0, 0.05) is 16.7 Å². The first-order chi connectivity index (χ1) is 10.1. The SMILES string of the molecule is CC1=C[C@]2(C)C=C[C@H]1C(=O)[C@@]1(C)CC[C@@](O)(C(C)C)[C@@H]1CC2. The molecule has 5 atom stereocenters. The summed E-state index contributed by atoms with van der Waals surface area (Å²) < 4.78 is 0. The number of Topliss-reactive ketones (excluding diaryl/α,β-unsaturated/α-hetero) is 1. The van der Waals surface area contributed by atoms with Gasteiger partial charge in [-0.05, 0) is 38.5 Å². The van der Waals surface area contributed by atoms with Crippen molar-refractivity contribution in [3.8, 4) is 0 Å². The molecule has 4 aliphatic rings. The van der Waals surface area contributed by atoms with Gasteiger partial charge in [-0.25, -0.2) is 0 Å². The van der Waals surface area contributed by atoms with Crippen molar-refractivity contribution in [2.45, 2.75) is 65.9 Å². The highest BCUT2D eigenvalue weighted by Gasteiger charge is 2.59. The summed E-state index contributed by atoms with van der Waals surface area (Å²) in [6.07, 6.45) is 10.1. The van der Waals surface area contributed by atoms with Gasteiger partial charge in [-0.3, -0.25) is 4.79 Å². The molecule has 0 aliphatic heterocycles. The molecule has 0 aromatic carbocycles. The van der Waals surface area contributed by atoms with Gasteiger partial charge in [0.2, 0.25) is 0 Å². The fourth-order valence-electron chi connectivity index (χ4n) is 5.30. The molecule has 2 bridgehead atoms. The van der Waals surface area contributed by atoms with Crippen molar-refractivity contribution in [2.24, 2.45) is 28.6 Å². The van der Waals surface area contributed by atoms with Crippen LogP contribution in [0.4, 0.5) is 0 Å². The van der Waals surface area contributed by atoms with Crippen LogP contribution in [0, 0.1) is 28.6 Å². The Morgan fingerprint density at radius 3 is 2.50 bits per heavy atom. The van der Waals surface area contributed by atoms with Crippen LogP contribution in [0.1, 0.15) is 60.3 Å². The Balaban J connectivity index is 2.08. The minimum absolute atomic E-state index is 0.0343. The summed E-state index contributed by atoms with van der Waals surface area (Å²) >= 11 is 0. The summed E-state index contributed by atoms with van der Waals surface area (Å²) in [6, 6.07) is 0. The van der Waals surface area contributed by atoms with Crippen molar-refractivity contribution in [1.82, 2.24) is 0 Å².